The molecule has 1 aromatic rings. The van der Waals surface area contributed by atoms with Crippen molar-refractivity contribution in [3.63, 3.8) is 0 Å². The van der Waals surface area contributed by atoms with Crippen LogP contribution in [0.1, 0.15) is 6.92 Å². The predicted molar refractivity (Wildman–Crippen MR) is 45.1 cm³/mol. The Morgan fingerprint density at radius 3 is 3.08 bits per heavy atom. The third-order valence-corrected chi connectivity index (χ3v) is 2.18. The second-order valence-corrected chi connectivity index (χ2v) is 3.51. The van der Waals surface area contributed by atoms with E-state index >= 15 is 0 Å². The van der Waals surface area contributed by atoms with Gasteiger partial charge in [-0.15, -0.1) is 0 Å². The van der Waals surface area contributed by atoms with Crippen molar-refractivity contribution in [1.29, 1.82) is 5.26 Å². The molecule has 0 saturated carbocycles. The van der Waals surface area contributed by atoms with Crippen molar-refractivity contribution < 1.29 is 4.39 Å². The van der Waals surface area contributed by atoms with E-state index in [-0.39, 0.29) is 16.1 Å². The van der Waals surface area contributed by atoms with Crippen LogP contribution in [-0.2, 0) is 0 Å². The molecule has 62 valence electrons. The van der Waals surface area contributed by atoms with Gasteiger partial charge in [0.25, 0.3) is 0 Å². The van der Waals surface area contributed by atoms with Gasteiger partial charge in [-0.1, -0.05) is 11.8 Å². The number of hydrogen-bond donors (Lipinski definition) is 0. The lowest BCUT2D eigenvalue weighted by molar-refractivity contribution is 0.588. The van der Waals surface area contributed by atoms with Crippen molar-refractivity contribution >= 4 is 11.8 Å². The zero-order valence-electron chi connectivity index (χ0n) is 6.49. The third-order valence-electron chi connectivity index (χ3n) is 1.19. The lowest BCUT2D eigenvalue weighted by Gasteiger charge is -2.01. The average molecular weight is 182 g/mol. The number of rotatable bonds is 2. The average Bonchev–Trinajstić information content (AvgIpc) is 2.09. The van der Waals surface area contributed by atoms with Crippen molar-refractivity contribution in [2.24, 2.45) is 0 Å². The molecule has 0 aliphatic carbocycles. The van der Waals surface area contributed by atoms with E-state index in [0.29, 0.717) is 0 Å². The summed E-state index contributed by atoms with van der Waals surface area (Å²) >= 11 is 1.12. The van der Waals surface area contributed by atoms with Gasteiger partial charge in [0.2, 0.25) is 0 Å². The van der Waals surface area contributed by atoms with E-state index in [4.69, 9.17) is 5.26 Å². The summed E-state index contributed by atoms with van der Waals surface area (Å²) < 4.78 is 12.9. The Labute approximate surface area is 74.4 Å². The van der Waals surface area contributed by atoms with Crippen molar-refractivity contribution in [3.8, 4) is 6.07 Å². The Hall–Kier alpha value is -1.08. The van der Waals surface area contributed by atoms with E-state index in [2.05, 4.69) is 4.98 Å². The zero-order chi connectivity index (χ0) is 8.97. The maximum Gasteiger partial charge on any atom is 0.155 e. The third kappa shape index (κ3) is 2.21. The van der Waals surface area contributed by atoms with E-state index in [1.807, 2.05) is 6.07 Å². The summed E-state index contributed by atoms with van der Waals surface area (Å²) in [6.45, 7) is 1.71. The lowest BCUT2D eigenvalue weighted by Crippen LogP contribution is -1.93. The fourth-order valence-corrected chi connectivity index (χ4v) is 1.34. The van der Waals surface area contributed by atoms with Gasteiger partial charge in [-0.3, -0.25) is 0 Å². The highest BCUT2D eigenvalue weighted by Crippen LogP contribution is 2.22. The summed E-state index contributed by atoms with van der Waals surface area (Å²) in [5.41, 5.74) is 0. The first-order valence-corrected chi connectivity index (χ1v) is 4.29. The highest BCUT2D eigenvalue weighted by molar-refractivity contribution is 8.00. The monoisotopic (exact) mass is 182 g/mol. The van der Waals surface area contributed by atoms with Gasteiger partial charge in [0, 0.05) is 6.20 Å². The smallest absolute Gasteiger partial charge is 0.155 e. The molecule has 0 amide bonds. The minimum absolute atomic E-state index is 0.269. The fraction of sp³-hybridized carbons (Fsp3) is 0.250. The molecule has 0 spiro atoms. The van der Waals surface area contributed by atoms with Gasteiger partial charge in [-0.25, -0.2) is 9.37 Å². The summed E-state index contributed by atoms with van der Waals surface area (Å²) in [4.78, 5) is 3.80. The Morgan fingerprint density at radius 2 is 2.50 bits per heavy atom. The van der Waals surface area contributed by atoms with Gasteiger partial charge in [0.05, 0.1) is 11.3 Å². The first-order valence-electron chi connectivity index (χ1n) is 3.41. The minimum Gasteiger partial charge on any atom is -0.247 e. The number of hydrogen-bond acceptors (Lipinski definition) is 3. The molecule has 0 bridgehead atoms. The molecule has 0 radical (unpaired) electrons. The maximum atomic E-state index is 12.9. The minimum atomic E-state index is -0.371. The molecule has 1 unspecified atom stereocenters. The van der Waals surface area contributed by atoms with E-state index in [9.17, 15) is 4.39 Å². The Balaban J connectivity index is 2.77. The van der Waals surface area contributed by atoms with Gasteiger partial charge in [0.15, 0.2) is 5.82 Å². The summed E-state index contributed by atoms with van der Waals surface area (Å²) in [6.07, 6.45) is 1.51. The molecule has 4 heteroatoms. The van der Waals surface area contributed by atoms with Crippen LogP contribution < -0.4 is 0 Å². The number of pyridine rings is 1. The van der Waals surface area contributed by atoms with Crippen LogP contribution in [0, 0.1) is 17.1 Å². The van der Waals surface area contributed by atoms with E-state index in [1.54, 1.807) is 6.92 Å². The number of nitrogens with zero attached hydrogens (tertiary/aromatic N) is 2. The quantitative estimate of drug-likeness (QED) is 0.658. The van der Waals surface area contributed by atoms with Crippen LogP contribution in [0.5, 0.6) is 0 Å². The maximum absolute atomic E-state index is 12.9. The molecular formula is C8H7FN2S. The first-order chi connectivity index (χ1) is 5.74. The molecule has 1 atom stereocenters. The highest BCUT2D eigenvalue weighted by atomic mass is 32.2. The van der Waals surface area contributed by atoms with E-state index in [1.165, 1.54) is 18.3 Å². The Morgan fingerprint density at radius 1 is 1.75 bits per heavy atom. The van der Waals surface area contributed by atoms with Gasteiger partial charge in [-0.2, -0.15) is 5.26 Å². The fourth-order valence-electron chi connectivity index (χ4n) is 0.652. The predicted octanol–water partition coefficient (Wildman–Crippen LogP) is 2.22. The van der Waals surface area contributed by atoms with Crippen molar-refractivity contribution in [2.75, 3.05) is 0 Å². The number of thioether (sulfide) groups is 1. The summed E-state index contributed by atoms with van der Waals surface area (Å²) in [5, 5.41) is 8.48. The normalized spacial score (nSPS) is 12.1. The molecule has 1 heterocycles. The number of halogens is 1. The molecule has 12 heavy (non-hydrogen) atoms. The zero-order valence-corrected chi connectivity index (χ0v) is 7.31. The first kappa shape index (κ1) is 9.01. The van der Waals surface area contributed by atoms with Crippen LogP contribution in [0.2, 0.25) is 0 Å². The molecule has 1 aromatic heterocycles. The van der Waals surface area contributed by atoms with Crippen LogP contribution in [0.25, 0.3) is 0 Å². The molecule has 0 saturated heterocycles. The topological polar surface area (TPSA) is 36.7 Å². The van der Waals surface area contributed by atoms with Crippen LogP contribution in [0.4, 0.5) is 4.39 Å². The summed E-state index contributed by atoms with van der Waals surface area (Å²) in [6, 6.07) is 4.85. The second-order valence-electron chi connectivity index (χ2n) is 2.18. The van der Waals surface area contributed by atoms with Crippen LogP contribution in [0.3, 0.4) is 0 Å². The summed E-state index contributed by atoms with van der Waals surface area (Å²) in [5.74, 6) is -0.371. The molecule has 1 rings (SSSR count). The molecule has 0 aliphatic heterocycles. The molecule has 0 aromatic carbocycles. The molecular weight excluding hydrogens is 175 g/mol. The Kier molecular flexibility index (Phi) is 3.06. The van der Waals surface area contributed by atoms with Crippen LogP contribution in [-0.4, -0.2) is 10.2 Å². The molecule has 0 N–H and O–H groups in total. The SMILES string of the molecule is CC(C#N)Sc1ncccc1F. The van der Waals surface area contributed by atoms with Crippen molar-refractivity contribution in [2.45, 2.75) is 17.2 Å². The molecule has 2 nitrogen and oxygen atoms in total. The van der Waals surface area contributed by atoms with Gasteiger partial charge >= 0.3 is 0 Å². The summed E-state index contributed by atoms with van der Waals surface area (Å²) in [7, 11) is 0. The molecule has 0 aliphatic rings. The van der Waals surface area contributed by atoms with Crippen LogP contribution >= 0.6 is 11.8 Å². The highest BCUT2D eigenvalue weighted by Gasteiger charge is 2.07. The van der Waals surface area contributed by atoms with Crippen molar-refractivity contribution in [3.05, 3.63) is 24.1 Å². The second kappa shape index (κ2) is 4.07. The van der Waals surface area contributed by atoms with Gasteiger partial charge < -0.3 is 0 Å². The van der Waals surface area contributed by atoms with Crippen LogP contribution in [0.15, 0.2) is 23.4 Å². The molecule has 0 fully saturated rings. The Bertz CT molecular complexity index is 308. The lowest BCUT2D eigenvalue weighted by atomic mass is 10.5. The van der Waals surface area contributed by atoms with Gasteiger partial charge in [-0.05, 0) is 19.1 Å². The largest absolute Gasteiger partial charge is 0.247 e. The number of aromatic nitrogens is 1. The van der Waals surface area contributed by atoms with E-state index in [0.717, 1.165) is 11.8 Å². The number of nitriles is 1. The van der Waals surface area contributed by atoms with E-state index < -0.39 is 0 Å². The van der Waals surface area contributed by atoms with Crippen molar-refractivity contribution in [1.82, 2.24) is 4.98 Å². The standard InChI is InChI=1S/C8H7FN2S/c1-6(5-10)12-8-7(9)3-2-4-11-8/h2-4,6H,1H3. The van der Waals surface area contributed by atoms with Gasteiger partial charge in [0.1, 0.15) is 5.03 Å².